The molecule has 0 bridgehead atoms. The lowest BCUT2D eigenvalue weighted by atomic mass is 10.3. The number of aryl methyl sites for hydroxylation is 1. The van der Waals surface area contributed by atoms with E-state index in [-0.39, 0.29) is 5.56 Å². The van der Waals surface area contributed by atoms with E-state index in [4.69, 9.17) is 0 Å². The number of H-pyrrole nitrogens is 2. The molecule has 0 saturated heterocycles. The Bertz CT molecular complexity index is 566. The monoisotopic (exact) mass is 279 g/mol. The third-order valence-electron chi connectivity index (χ3n) is 2.18. The maximum Gasteiger partial charge on any atom is 0.272 e. The molecular formula is C11H10BrN3O. The van der Waals surface area contributed by atoms with Gasteiger partial charge in [-0.05, 0) is 31.2 Å². The van der Waals surface area contributed by atoms with Crippen molar-refractivity contribution in [2.24, 2.45) is 4.99 Å². The molecule has 0 saturated carbocycles. The minimum absolute atomic E-state index is 0.154. The average Bonchev–Trinajstić information content (AvgIpc) is 2.59. The van der Waals surface area contributed by atoms with Crippen LogP contribution in [0.25, 0.3) is 0 Å². The number of halogens is 1. The highest BCUT2D eigenvalue weighted by atomic mass is 79.9. The fourth-order valence-corrected chi connectivity index (χ4v) is 1.54. The van der Waals surface area contributed by atoms with E-state index in [2.05, 4.69) is 31.1 Å². The van der Waals surface area contributed by atoms with Crippen LogP contribution in [0.2, 0.25) is 0 Å². The first kappa shape index (κ1) is 10.9. The van der Waals surface area contributed by atoms with E-state index in [1.54, 1.807) is 6.21 Å². The van der Waals surface area contributed by atoms with E-state index in [9.17, 15) is 4.79 Å². The highest BCUT2D eigenvalue weighted by Gasteiger charge is 2.01. The molecule has 0 aliphatic carbocycles. The van der Waals surface area contributed by atoms with Crippen LogP contribution in [0.3, 0.4) is 0 Å². The van der Waals surface area contributed by atoms with E-state index in [0.717, 1.165) is 15.9 Å². The summed E-state index contributed by atoms with van der Waals surface area (Å²) in [5.41, 5.74) is 2.00. The average molecular weight is 280 g/mol. The zero-order chi connectivity index (χ0) is 11.5. The molecule has 0 radical (unpaired) electrons. The lowest BCUT2D eigenvalue weighted by molar-refractivity contribution is 1.02. The van der Waals surface area contributed by atoms with Gasteiger partial charge in [-0.1, -0.05) is 15.9 Å². The van der Waals surface area contributed by atoms with Gasteiger partial charge in [0.2, 0.25) is 0 Å². The van der Waals surface area contributed by atoms with Crippen molar-refractivity contribution in [1.29, 1.82) is 0 Å². The van der Waals surface area contributed by atoms with Crippen LogP contribution in [0, 0.1) is 6.92 Å². The fraction of sp³-hybridized carbons (Fsp3) is 0.0909. The number of aliphatic imine (C=N–C) groups is 1. The predicted molar refractivity (Wildman–Crippen MR) is 67.5 cm³/mol. The standard InChI is InChI=1S/C11H10BrN3O/c1-7-10(11(16)15-14-7)6-13-9-4-2-8(12)3-5-9/h2-6H,1H3,(H2,14,15,16). The molecule has 16 heavy (non-hydrogen) atoms. The summed E-state index contributed by atoms with van der Waals surface area (Å²) in [6.07, 6.45) is 1.56. The van der Waals surface area contributed by atoms with Crippen LogP contribution in [0.5, 0.6) is 0 Å². The number of hydrogen-bond donors (Lipinski definition) is 2. The third-order valence-corrected chi connectivity index (χ3v) is 2.71. The summed E-state index contributed by atoms with van der Waals surface area (Å²) in [7, 11) is 0. The Hall–Kier alpha value is -1.62. The van der Waals surface area contributed by atoms with Crippen molar-refractivity contribution in [1.82, 2.24) is 10.2 Å². The molecule has 2 rings (SSSR count). The lowest BCUT2D eigenvalue weighted by Crippen LogP contribution is -2.04. The van der Waals surface area contributed by atoms with Crippen LogP contribution >= 0.6 is 15.9 Å². The zero-order valence-corrected chi connectivity index (χ0v) is 10.2. The van der Waals surface area contributed by atoms with E-state index < -0.39 is 0 Å². The van der Waals surface area contributed by atoms with Crippen molar-refractivity contribution in [2.45, 2.75) is 6.92 Å². The molecule has 82 valence electrons. The molecule has 1 heterocycles. The summed E-state index contributed by atoms with van der Waals surface area (Å²) >= 11 is 3.35. The van der Waals surface area contributed by atoms with Gasteiger partial charge in [-0.3, -0.25) is 14.9 Å². The Morgan fingerprint density at radius 2 is 1.94 bits per heavy atom. The summed E-state index contributed by atoms with van der Waals surface area (Å²) in [5, 5.41) is 5.25. The summed E-state index contributed by atoms with van der Waals surface area (Å²) in [4.78, 5) is 15.6. The second-order valence-electron chi connectivity index (χ2n) is 3.35. The maximum atomic E-state index is 11.3. The summed E-state index contributed by atoms with van der Waals surface area (Å²) in [6, 6.07) is 7.55. The molecular weight excluding hydrogens is 270 g/mol. The quantitative estimate of drug-likeness (QED) is 0.816. The number of nitrogens with zero attached hydrogens (tertiary/aromatic N) is 1. The second-order valence-corrected chi connectivity index (χ2v) is 4.27. The van der Waals surface area contributed by atoms with Crippen molar-refractivity contribution < 1.29 is 0 Å². The van der Waals surface area contributed by atoms with Crippen molar-refractivity contribution in [3.8, 4) is 0 Å². The molecule has 1 aromatic carbocycles. The molecule has 0 aliphatic rings. The first-order valence-corrected chi connectivity index (χ1v) is 5.53. The van der Waals surface area contributed by atoms with Gasteiger partial charge in [-0.2, -0.15) is 0 Å². The van der Waals surface area contributed by atoms with Gasteiger partial charge >= 0.3 is 0 Å². The first-order valence-electron chi connectivity index (χ1n) is 4.73. The van der Waals surface area contributed by atoms with Gasteiger partial charge in [0.1, 0.15) is 0 Å². The topological polar surface area (TPSA) is 61.0 Å². The van der Waals surface area contributed by atoms with E-state index in [0.29, 0.717) is 5.56 Å². The number of aromatic amines is 2. The number of benzene rings is 1. The number of hydrogen-bond acceptors (Lipinski definition) is 2. The van der Waals surface area contributed by atoms with Crippen LogP contribution in [0.1, 0.15) is 11.3 Å². The minimum Gasteiger partial charge on any atom is -0.302 e. The molecule has 0 atom stereocenters. The Kier molecular flexibility index (Phi) is 3.05. The Morgan fingerprint density at radius 3 is 2.50 bits per heavy atom. The van der Waals surface area contributed by atoms with Crippen molar-refractivity contribution >= 4 is 27.8 Å². The number of aromatic nitrogens is 2. The van der Waals surface area contributed by atoms with Gasteiger partial charge in [0.25, 0.3) is 5.56 Å². The fourth-order valence-electron chi connectivity index (χ4n) is 1.28. The molecule has 5 heteroatoms. The molecule has 2 N–H and O–H groups in total. The lowest BCUT2D eigenvalue weighted by Gasteiger charge is -1.93. The van der Waals surface area contributed by atoms with E-state index >= 15 is 0 Å². The molecule has 0 unspecified atom stereocenters. The van der Waals surface area contributed by atoms with Crippen LogP contribution in [-0.4, -0.2) is 16.4 Å². The highest BCUT2D eigenvalue weighted by molar-refractivity contribution is 9.10. The molecule has 0 amide bonds. The van der Waals surface area contributed by atoms with Crippen molar-refractivity contribution in [3.05, 3.63) is 50.3 Å². The molecule has 1 aromatic heterocycles. The Labute approximate surface area is 101 Å². The van der Waals surface area contributed by atoms with Crippen LogP contribution in [-0.2, 0) is 0 Å². The van der Waals surface area contributed by atoms with Gasteiger partial charge < -0.3 is 5.10 Å². The van der Waals surface area contributed by atoms with Gasteiger partial charge in [-0.25, -0.2) is 0 Å². The molecule has 0 fully saturated rings. The molecule has 0 spiro atoms. The van der Waals surface area contributed by atoms with Gasteiger partial charge in [0, 0.05) is 16.4 Å². The minimum atomic E-state index is -0.154. The number of nitrogens with one attached hydrogen (secondary N) is 2. The summed E-state index contributed by atoms with van der Waals surface area (Å²) in [5.74, 6) is 0. The van der Waals surface area contributed by atoms with Crippen LogP contribution in [0.4, 0.5) is 5.69 Å². The normalized spacial score (nSPS) is 11.1. The molecule has 2 aromatic rings. The molecule has 4 nitrogen and oxygen atoms in total. The van der Waals surface area contributed by atoms with Crippen molar-refractivity contribution in [3.63, 3.8) is 0 Å². The first-order chi connectivity index (χ1) is 7.66. The van der Waals surface area contributed by atoms with E-state index in [1.807, 2.05) is 31.2 Å². The Morgan fingerprint density at radius 1 is 1.25 bits per heavy atom. The summed E-state index contributed by atoms with van der Waals surface area (Å²) in [6.45, 7) is 1.82. The zero-order valence-electron chi connectivity index (χ0n) is 8.62. The number of rotatable bonds is 2. The van der Waals surface area contributed by atoms with Crippen molar-refractivity contribution in [2.75, 3.05) is 0 Å². The predicted octanol–water partition coefficient (Wildman–Crippen LogP) is 2.52. The highest BCUT2D eigenvalue weighted by Crippen LogP contribution is 2.16. The smallest absolute Gasteiger partial charge is 0.272 e. The third kappa shape index (κ3) is 2.30. The van der Waals surface area contributed by atoms with Crippen LogP contribution in [0.15, 0.2) is 38.5 Å². The maximum absolute atomic E-state index is 11.3. The van der Waals surface area contributed by atoms with E-state index in [1.165, 1.54) is 0 Å². The SMILES string of the molecule is Cc1[nH][nH]c(=O)c1C=Nc1ccc(Br)cc1. The molecule has 0 aliphatic heterocycles. The van der Waals surface area contributed by atoms with Gasteiger partial charge in [0.05, 0.1) is 11.3 Å². The largest absolute Gasteiger partial charge is 0.302 e. The van der Waals surface area contributed by atoms with Crippen LogP contribution < -0.4 is 5.56 Å². The van der Waals surface area contributed by atoms with Gasteiger partial charge in [-0.15, -0.1) is 0 Å². The second kappa shape index (κ2) is 4.49. The Balaban J connectivity index is 2.28. The van der Waals surface area contributed by atoms with Gasteiger partial charge in [0.15, 0.2) is 0 Å². The summed E-state index contributed by atoms with van der Waals surface area (Å²) < 4.78 is 1.00.